The molecular weight excluding hydrogens is 394 g/mol. The van der Waals surface area contributed by atoms with E-state index in [9.17, 15) is 14.4 Å². The molecule has 0 atom stereocenters. The lowest BCUT2D eigenvalue weighted by molar-refractivity contribution is -0.172. The summed E-state index contributed by atoms with van der Waals surface area (Å²) in [5, 5.41) is 0.556. The zero-order valence-electron chi connectivity index (χ0n) is 18.0. The first kappa shape index (κ1) is 22.5. The van der Waals surface area contributed by atoms with E-state index in [1.807, 2.05) is 24.3 Å². The lowest BCUT2D eigenvalue weighted by atomic mass is 10.0. The van der Waals surface area contributed by atoms with Gasteiger partial charge in [-0.15, -0.1) is 5.06 Å². The number of imide groups is 1. The Hall–Kier alpha value is -3.15. The lowest BCUT2D eigenvalue weighted by Gasteiger charge is -2.12. The number of hydrogen-bond acceptors (Lipinski definition) is 5. The highest BCUT2D eigenvalue weighted by Gasteiger charge is 2.33. The molecule has 3 rings (SSSR count). The van der Waals surface area contributed by atoms with Crippen LogP contribution in [0.4, 0.5) is 0 Å². The third-order valence-electron chi connectivity index (χ3n) is 5.25. The van der Waals surface area contributed by atoms with E-state index in [1.165, 1.54) is 32.1 Å². The Morgan fingerprint density at radius 3 is 1.97 bits per heavy atom. The van der Waals surface area contributed by atoms with Gasteiger partial charge < -0.3 is 9.57 Å². The van der Waals surface area contributed by atoms with E-state index in [-0.39, 0.29) is 18.4 Å². The quantitative estimate of drug-likeness (QED) is 0.362. The molecule has 6 heteroatoms. The zero-order chi connectivity index (χ0) is 22.1. The molecule has 2 amide bonds. The maximum absolute atomic E-state index is 12.2. The molecule has 0 spiro atoms. The Morgan fingerprint density at radius 2 is 1.35 bits per heavy atom. The second-order valence-electron chi connectivity index (χ2n) is 7.68. The predicted molar refractivity (Wildman–Crippen MR) is 117 cm³/mol. The number of nitrogens with zero attached hydrogens (tertiary/aromatic N) is 1. The molecule has 1 saturated heterocycles. The number of rotatable bonds is 11. The van der Waals surface area contributed by atoms with Gasteiger partial charge >= 0.3 is 5.97 Å². The number of benzene rings is 2. The van der Waals surface area contributed by atoms with Crippen molar-refractivity contribution in [3.8, 4) is 16.9 Å². The Kier molecular flexibility index (Phi) is 8.21. The van der Waals surface area contributed by atoms with E-state index in [2.05, 4.69) is 6.92 Å². The minimum absolute atomic E-state index is 0.0731. The monoisotopic (exact) mass is 423 g/mol. The third-order valence-corrected chi connectivity index (χ3v) is 5.25. The van der Waals surface area contributed by atoms with E-state index in [0.29, 0.717) is 5.06 Å². The summed E-state index contributed by atoms with van der Waals surface area (Å²) >= 11 is 0. The summed E-state index contributed by atoms with van der Waals surface area (Å²) in [4.78, 5) is 40.3. The highest BCUT2D eigenvalue weighted by molar-refractivity contribution is 6.02. The molecule has 2 aromatic carbocycles. The first-order valence-corrected chi connectivity index (χ1v) is 11.0. The van der Waals surface area contributed by atoms with Gasteiger partial charge in [-0.2, -0.15) is 0 Å². The molecule has 2 aromatic rings. The Balaban J connectivity index is 1.48. The highest BCUT2D eigenvalue weighted by atomic mass is 16.7. The molecule has 31 heavy (non-hydrogen) atoms. The molecule has 164 valence electrons. The molecule has 1 aliphatic heterocycles. The van der Waals surface area contributed by atoms with Crippen molar-refractivity contribution in [2.24, 2.45) is 0 Å². The first-order chi connectivity index (χ1) is 15.1. The van der Waals surface area contributed by atoms with Crippen LogP contribution in [0.25, 0.3) is 11.1 Å². The van der Waals surface area contributed by atoms with Gasteiger partial charge in [-0.05, 0) is 41.8 Å². The fourth-order valence-electron chi connectivity index (χ4n) is 3.41. The summed E-state index contributed by atoms with van der Waals surface area (Å²) in [6, 6.07) is 14.7. The van der Waals surface area contributed by atoms with Crippen molar-refractivity contribution in [1.29, 1.82) is 0 Å². The molecule has 0 unspecified atom stereocenters. The fourth-order valence-corrected chi connectivity index (χ4v) is 3.41. The minimum Gasteiger partial charge on any atom is -0.494 e. The topological polar surface area (TPSA) is 72.9 Å². The molecule has 1 aliphatic rings. The molecule has 0 N–H and O–H groups in total. The Bertz CT molecular complexity index is 873. The average molecular weight is 424 g/mol. The summed E-state index contributed by atoms with van der Waals surface area (Å²) in [5.74, 6) is -0.867. The van der Waals surface area contributed by atoms with Crippen molar-refractivity contribution >= 4 is 17.8 Å². The molecule has 0 aliphatic carbocycles. The van der Waals surface area contributed by atoms with Gasteiger partial charge in [0.1, 0.15) is 5.75 Å². The fraction of sp³-hybridized carbons (Fsp3) is 0.400. The van der Waals surface area contributed by atoms with Gasteiger partial charge in [0.15, 0.2) is 0 Å². The number of carbonyl (C=O) groups excluding carboxylic acids is 3. The summed E-state index contributed by atoms with van der Waals surface area (Å²) < 4.78 is 5.81. The maximum Gasteiger partial charge on any atom is 0.363 e. The van der Waals surface area contributed by atoms with Gasteiger partial charge in [-0.25, -0.2) is 4.79 Å². The zero-order valence-corrected chi connectivity index (χ0v) is 18.0. The van der Waals surface area contributed by atoms with E-state index >= 15 is 0 Å². The SMILES string of the molecule is CCCCCCCCOc1ccc(-c2ccc(C(=O)ON3C(=O)CCC3=O)cc2)cc1. The molecule has 1 heterocycles. The maximum atomic E-state index is 12.2. The molecule has 0 aromatic heterocycles. The average Bonchev–Trinajstić information content (AvgIpc) is 3.11. The van der Waals surface area contributed by atoms with Crippen LogP contribution in [0.3, 0.4) is 0 Å². The van der Waals surface area contributed by atoms with Gasteiger partial charge in [0.05, 0.1) is 12.2 Å². The van der Waals surface area contributed by atoms with E-state index in [4.69, 9.17) is 9.57 Å². The van der Waals surface area contributed by atoms with Crippen molar-refractivity contribution < 1.29 is 24.0 Å². The van der Waals surface area contributed by atoms with Crippen LogP contribution in [0.5, 0.6) is 5.75 Å². The van der Waals surface area contributed by atoms with E-state index in [1.54, 1.807) is 24.3 Å². The van der Waals surface area contributed by atoms with Gasteiger partial charge in [0, 0.05) is 12.8 Å². The van der Waals surface area contributed by atoms with Crippen LogP contribution >= 0.6 is 0 Å². The van der Waals surface area contributed by atoms with Crippen molar-refractivity contribution in [3.63, 3.8) is 0 Å². The second-order valence-corrected chi connectivity index (χ2v) is 7.68. The Labute approximate surface area is 183 Å². The van der Waals surface area contributed by atoms with E-state index in [0.717, 1.165) is 29.9 Å². The largest absolute Gasteiger partial charge is 0.494 e. The van der Waals surface area contributed by atoms with Crippen LogP contribution in [0.15, 0.2) is 48.5 Å². The normalized spacial score (nSPS) is 13.5. The van der Waals surface area contributed by atoms with E-state index < -0.39 is 17.8 Å². The summed E-state index contributed by atoms with van der Waals surface area (Å²) in [6.07, 6.45) is 7.55. The first-order valence-electron chi connectivity index (χ1n) is 11.0. The van der Waals surface area contributed by atoms with Crippen molar-refractivity contribution in [3.05, 3.63) is 54.1 Å². The minimum atomic E-state index is -0.728. The van der Waals surface area contributed by atoms with Crippen LogP contribution < -0.4 is 4.74 Å². The van der Waals surface area contributed by atoms with Crippen molar-refractivity contribution in [1.82, 2.24) is 5.06 Å². The van der Waals surface area contributed by atoms with Crippen LogP contribution in [0.1, 0.15) is 68.6 Å². The Morgan fingerprint density at radius 1 is 0.806 bits per heavy atom. The van der Waals surface area contributed by atoms with Crippen LogP contribution in [0, 0.1) is 0 Å². The molecular formula is C25H29NO5. The number of hydroxylamine groups is 2. The van der Waals surface area contributed by atoms with Crippen molar-refractivity contribution in [2.45, 2.75) is 58.3 Å². The standard InChI is InChI=1S/C25H29NO5/c1-2-3-4-5-6-7-18-30-22-14-12-20(13-15-22)19-8-10-21(11-9-19)25(29)31-26-23(27)16-17-24(26)28/h8-15H,2-7,16-18H2,1H3. The summed E-state index contributed by atoms with van der Waals surface area (Å²) in [5.41, 5.74) is 2.21. The number of ether oxygens (including phenoxy) is 1. The van der Waals surface area contributed by atoms with Crippen LogP contribution in [-0.2, 0) is 14.4 Å². The molecule has 0 bridgehead atoms. The highest BCUT2D eigenvalue weighted by Crippen LogP contribution is 2.24. The van der Waals surface area contributed by atoms with Crippen LogP contribution in [-0.4, -0.2) is 29.5 Å². The lowest BCUT2D eigenvalue weighted by Crippen LogP contribution is -2.32. The van der Waals surface area contributed by atoms with Crippen LogP contribution in [0.2, 0.25) is 0 Å². The predicted octanol–water partition coefficient (Wildman–Crippen LogP) is 5.31. The van der Waals surface area contributed by atoms with Gasteiger partial charge in [0.2, 0.25) is 0 Å². The summed E-state index contributed by atoms with van der Waals surface area (Å²) in [6.45, 7) is 2.95. The molecule has 0 saturated carbocycles. The van der Waals surface area contributed by atoms with Gasteiger partial charge in [-0.1, -0.05) is 63.3 Å². The smallest absolute Gasteiger partial charge is 0.363 e. The number of hydrogen-bond donors (Lipinski definition) is 0. The second kappa shape index (κ2) is 11.3. The third kappa shape index (κ3) is 6.41. The number of unbranched alkanes of at least 4 members (excludes halogenated alkanes) is 5. The number of carbonyl (C=O) groups is 3. The molecule has 1 fully saturated rings. The van der Waals surface area contributed by atoms with Gasteiger partial charge in [0.25, 0.3) is 11.8 Å². The van der Waals surface area contributed by atoms with Crippen molar-refractivity contribution in [2.75, 3.05) is 6.61 Å². The molecule has 0 radical (unpaired) electrons. The summed E-state index contributed by atoms with van der Waals surface area (Å²) in [7, 11) is 0. The van der Waals surface area contributed by atoms with Gasteiger partial charge in [-0.3, -0.25) is 9.59 Å². The molecule has 6 nitrogen and oxygen atoms in total. The number of amides is 2.